The van der Waals surface area contributed by atoms with Gasteiger partial charge in [-0.2, -0.15) is 0 Å². The predicted molar refractivity (Wildman–Crippen MR) is 108 cm³/mol. The van der Waals surface area contributed by atoms with Crippen molar-refractivity contribution in [2.75, 3.05) is 17.3 Å². The molecule has 7 nitrogen and oxygen atoms in total. The number of anilines is 1. The Labute approximate surface area is 167 Å². The molecule has 9 heteroatoms. The summed E-state index contributed by atoms with van der Waals surface area (Å²) in [5.41, 5.74) is 1.65. The second kappa shape index (κ2) is 8.57. The number of carbonyl (C=O) groups excluding carboxylic acids is 1. The number of carbonyl (C=O) groups is 1. The molecule has 1 amide bonds. The van der Waals surface area contributed by atoms with E-state index in [1.54, 1.807) is 23.9 Å². The largest absolute Gasteiger partial charge is 0.403 e. The molecule has 0 aliphatic carbocycles. The summed E-state index contributed by atoms with van der Waals surface area (Å²) in [6, 6.07) is 14.3. The molecule has 146 valence electrons. The van der Waals surface area contributed by atoms with Gasteiger partial charge in [-0.3, -0.25) is 10.1 Å². The lowest BCUT2D eigenvalue weighted by Crippen LogP contribution is -2.12. The van der Waals surface area contributed by atoms with Gasteiger partial charge in [-0.15, -0.1) is 16.9 Å². The molecule has 1 heterocycles. The molecule has 1 N–H and O–H groups in total. The molecule has 2 aromatic carbocycles. The normalized spacial score (nSPS) is 11.4. The monoisotopic (exact) mass is 417 g/mol. The quantitative estimate of drug-likeness (QED) is 0.586. The van der Waals surface area contributed by atoms with Crippen LogP contribution in [0, 0.1) is 6.92 Å². The molecule has 0 saturated heterocycles. The number of benzene rings is 2. The van der Waals surface area contributed by atoms with E-state index in [2.05, 4.69) is 15.5 Å². The fourth-order valence-corrected chi connectivity index (χ4v) is 3.85. The van der Waals surface area contributed by atoms with Crippen LogP contribution in [0.2, 0.25) is 0 Å². The number of amides is 1. The summed E-state index contributed by atoms with van der Waals surface area (Å²) in [6.07, 6.45) is 1.42. The van der Waals surface area contributed by atoms with E-state index in [-0.39, 0.29) is 22.7 Å². The van der Waals surface area contributed by atoms with Crippen LogP contribution in [0.3, 0.4) is 0 Å². The zero-order valence-corrected chi connectivity index (χ0v) is 17.0. The number of thioether (sulfide) groups is 1. The molecule has 0 fully saturated rings. The Morgan fingerprint density at radius 2 is 1.89 bits per heavy atom. The van der Waals surface area contributed by atoms with Crippen LogP contribution in [0.5, 0.6) is 0 Å². The summed E-state index contributed by atoms with van der Waals surface area (Å²) in [5, 5.41) is 10.2. The van der Waals surface area contributed by atoms with Crippen LogP contribution in [-0.2, 0) is 14.6 Å². The maximum absolute atomic E-state index is 12.1. The van der Waals surface area contributed by atoms with Crippen LogP contribution in [0.1, 0.15) is 12.0 Å². The number of nitrogens with one attached hydrogen (secondary N) is 1. The Kier molecular flexibility index (Phi) is 6.15. The van der Waals surface area contributed by atoms with Crippen LogP contribution in [-0.4, -0.2) is 36.5 Å². The maximum atomic E-state index is 12.1. The summed E-state index contributed by atoms with van der Waals surface area (Å²) in [5.74, 6) is 0.515. The molecule has 0 aliphatic rings. The van der Waals surface area contributed by atoms with Crippen molar-refractivity contribution in [1.29, 1.82) is 0 Å². The number of hydrogen-bond donors (Lipinski definition) is 1. The average Bonchev–Trinajstić information content (AvgIpc) is 3.11. The van der Waals surface area contributed by atoms with E-state index in [1.165, 1.54) is 17.7 Å². The van der Waals surface area contributed by atoms with E-state index in [4.69, 9.17) is 4.42 Å². The highest BCUT2D eigenvalue weighted by Crippen LogP contribution is 2.23. The first kappa shape index (κ1) is 20.1. The second-order valence-corrected chi connectivity index (χ2v) is 9.36. The average molecular weight is 418 g/mol. The van der Waals surface area contributed by atoms with E-state index < -0.39 is 9.84 Å². The van der Waals surface area contributed by atoms with Crippen molar-refractivity contribution in [2.45, 2.75) is 23.1 Å². The van der Waals surface area contributed by atoms with Crippen molar-refractivity contribution < 1.29 is 17.6 Å². The van der Waals surface area contributed by atoms with Gasteiger partial charge in [-0.1, -0.05) is 28.9 Å². The van der Waals surface area contributed by atoms with Crippen molar-refractivity contribution in [3.63, 3.8) is 0 Å². The van der Waals surface area contributed by atoms with E-state index in [9.17, 15) is 13.2 Å². The first-order valence-electron chi connectivity index (χ1n) is 8.44. The Hall–Kier alpha value is -2.65. The minimum Gasteiger partial charge on any atom is -0.403 e. The second-order valence-electron chi connectivity index (χ2n) is 6.17. The lowest BCUT2D eigenvalue weighted by Gasteiger charge is -2.02. The Morgan fingerprint density at radius 1 is 1.14 bits per heavy atom. The van der Waals surface area contributed by atoms with Crippen molar-refractivity contribution in [3.8, 4) is 11.5 Å². The summed E-state index contributed by atoms with van der Waals surface area (Å²) in [6.45, 7) is 2.03. The standard InChI is InChI=1S/C19H19N3O4S2/c1-13-6-8-15(9-7-13)27-11-10-17(23)20-19-22-21-18(26-19)14-4-3-5-16(12-14)28(2,24)25/h3-9,12H,10-11H2,1-2H3,(H,20,22,23). The minimum absolute atomic E-state index is 0.0231. The summed E-state index contributed by atoms with van der Waals surface area (Å²) in [4.78, 5) is 13.3. The molecule has 3 rings (SSSR count). The van der Waals surface area contributed by atoms with Gasteiger partial charge in [0.2, 0.25) is 11.8 Å². The van der Waals surface area contributed by atoms with Gasteiger partial charge in [-0.25, -0.2) is 8.42 Å². The van der Waals surface area contributed by atoms with Crippen molar-refractivity contribution in [1.82, 2.24) is 10.2 Å². The highest BCUT2D eigenvalue weighted by Gasteiger charge is 2.14. The van der Waals surface area contributed by atoms with Crippen LogP contribution >= 0.6 is 11.8 Å². The topological polar surface area (TPSA) is 102 Å². The van der Waals surface area contributed by atoms with Gasteiger partial charge in [0.15, 0.2) is 9.84 Å². The summed E-state index contributed by atoms with van der Waals surface area (Å²) < 4.78 is 28.8. The molecule has 28 heavy (non-hydrogen) atoms. The molecule has 0 saturated carbocycles. The third-order valence-corrected chi connectivity index (χ3v) is 5.92. The first-order chi connectivity index (χ1) is 13.3. The zero-order chi connectivity index (χ0) is 20.1. The van der Waals surface area contributed by atoms with Crippen molar-refractivity contribution in [2.24, 2.45) is 0 Å². The fourth-order valence-electron chi connectivity index (χ4n) is 2.33. The van der Waals surface area contributed by atoms with Gasteiger partial charge < -0.3 is 4.42 Å². The zero-order valence-electron chi connectivity index (χ0n) is 15.4. The molecule has 0 aliphatic heterocycles. The Balaban J connectivity index is 1.57. The van der Waals surface area contributed by atoms with Crippen LogP contribution < -0.4 is 5.32 Å². The first-order valence-corrected chi connectivity index (χ1v) is 11.3. The maximum Gasteiger partial charge on any atom is 0.322 e. The number of nitrogens with zero attached hydrogens (tertiary/aromatic N) is 2. The van der Waals surface area contributed by atoms with E-state index >= 15 is 0 Å². The molecule has 0 atom stereocenters. The van der Waals surface area contributed by atoms with Crippen molar-refractivity contribution >= 4 is 33.5 Å². The molecule has 1 aromatic heterocycles. The van der Waals surface area contributed by atoms with Crippen LogP contribution in [0.4, 0.5) is 6.01 Å². The highest BCUT2D eigenvalue weighted by molar-refractivity contribution is 7.99. The number of hydrogen-bond acceptors (Lipinski definition) is 7. The molecule has 0 bridgehead atoms. The number of rotatable bonds is 7. The van der Waals surface area contributed by atoms with Crippen LogP contribution in [0.15, 0.2) is 62.7 Å². The number of aromatic nitrogens is 2. The van der Waals surface area contributed by atoms with E-state index in [0.29, 0.717) is 17.7 Å². The smallest absolute Gasteiger partial charge is 0.322 e. The molecule has 0 radical (unpaired) electrons. The third kappa shape index (κ3) is 5.43. The van der Waals surface area contributed by atoms with Gasteiger partial charge in [0.05, 0.1) is 4.90 Å². The van der Waals surface area contributed by atoms with Crippen LogP contribution in [0.25, 0.3) is 11.5 Å². The number of aryl methyl sites for hydroxylation is 1. The lowest BCUT2D eigenvalue weighted by molar-refractivity contribution is -0.115. The molecule has 0 unspecified atom stereocenters. The molecular formula is C19H19N3O4S2. The number of sulfone groups is 1. The predicted octanol–water partition coefficient (Wildman–Crippen LogP) is 3.57. The molecule has 0 spiro atoms. The van der Waals surface area contributed by atoms with Gasteiger partial charge in [0, 0.05) is 28.9 Å². The molecule has 3 aromatic rings. The molecular weight excluding hydrogens is 398 g/mol. The summed E-state index contributed by atoms with van der Waals surface area (Å²) >= 11 is 1.59. The van der Waals surface area contributed by atoms with E-state index in [0.717, 1.165) is 11.2 Å². The minimum atomic E-state index is -3.34. The van der Waals surface area contributed by atoms with Gasteiger partial charge in [0.25, 0.3) is 0 Å². The lowest BCUT2D eigenvalue weighted by atomic mass is 10.2. The SMILES string of the molecule is Cc1ccc(SCCC(=O)Nc2nnc(-c3cccc(S(C)(=O)=O)c3)o2)cc1. The Morgan fingerprint density at radius 3 is 2.61 bits per heavy atom. The summed E-state index contributed by atoms with van der Waals surface area (Å²) in [7, 11) is -3.34. The van der Waals surface area contributed by atoms with Gasteiger partial charge in [0.1, 0.15) is 0 Å². The van der Waals surface area contributed by atoms with Gasteiger partial charge in [-0.05, 0) is 37.3 Å². The third-order valence-electron chi connectivity index (χ3n) is 3.80. The van der Waals surface area contributed by atoms with Crippen molar-refractivity contribution in [3.05, 3.63) is 54.1 Å². The highest BCUT2D eigenvalue weighted by atomic mass is 32.2. The fraction of sp³-hybridized carbons (Fsp3) is 0.211. The Bertz CT molecular complexity index is 1080. The van der Waals surface area contributed by atoms with E-state index in [1.807, 2.05) is 31.2 Å². The van der Waals surface area contributed by atoms with Gasteiger partial charge >= 0.3 is 6.01 Å².